The van der Waals surface area contributed by atoms with Gasteiger partial charge in [0.1, 0.15) is 4.99 Å². The molecule has 0 spiro atoms. The molecule has 20 heavy (non-hydrogen) atoms. The number of hydrogen-bond donors (Lipinski definition) is 2. The van der Waals surface area contributed by atoms with E-state index >= 15 is 0 Å². The zero-order valence-electron chi connectivity index (χ0n) is 11.5. The molecule has 0 aliphatic carbocycles. The largest absolute Gasteiger partial charge is 0.393 e. The standard InChI is InChI=1S/C17H19NOS/c1-13(19)12-16(14-8-4-2-5-9-14)18-17(20)15-10-6-3-7-11-15/h2-11,13,16,19H,12H2,1H3,(H,18,20)/t13-,16-/m0/s1. The molecule has 0 radical (unpaired) electrons. The summed E-state index contributed by atoms with van der Waals surface area (Å²) in [5.74, 6) is 0. The van der Waals surface area contributed by atoms with Crippen molar-refractivity contribution in [3.8, 4) is 0 Å². The highest BCUT2D eigenvalue weighted by atomic mass is 32.1. The van der Waals surface area contributed by atoms with Crippen LogP contribution < -0.4 is 5.32 Å². The molecule has 0 aliphatic heterocycles. The summed E-state index contributed by atoms with van der Waals surface area (Å²) in [5.41, 5.74) is 2.13. The second kappa shape index (κ2) is 7.17. The van der Waals surface area contributed by atoms with E-state index in [1.807, 2.05) is 60.7 Å². The normalized spacial score (nSPS) is 13.5. The molecule has 2 rings (SSSR count). The number of benzene rings is 2. The molecule has 2 atom stereocenters. The molecule has 2 aromatic carbocycles. The molecule has 104 valence electrons. The van der Waals surface area contributed by atoms with Crippen molar-refractivity contribution in [2.75, 3.05) is 0 Å². The molecule has 0 amide bonds. The fourth-order valence-corrected chi connectivity index (χ4v) is 2.41. The van der Waals surface area contributed by atoms with Gasteiger partial charge < -0.3 is 10.4 Å². The van der Waals surface area contributed by atoms with Gasteiger partial charge in [-0.1, -0.05) is 72.9 Å². The average Bonchev–Trinajstić information content (AvgIpc) is 2.48. The van der Waals surface area contributed by atoms with Crippen LogP contribution in [0.2, 0.25) is 0 Å². The first-order valence-corrected chi connectivity index (χ1v) is 7.16. The Morgan fingerprint density at radius 1 is 1.05 bits per heavy atom. The van der Waals surface area contributed by atoms with Crippen molar-refractivity contribution in [2.45, 2.75) is 25.5 Å². The van der Waals surface area contributed by atoms with Gasteiger partial charge in [0.05, 0.1) is 12.1 Å². The summed E-state index contributed by atoms with van der Waals surface area (Å²) in [7, 11) is 0. The van der Waals surface area contributed by atoms with Gasteiger partial charge in [-0.3, -0.25) is 0 Å². The van der Waals surface area contributed by atoms with E-state index in [1.54, 1.807) is 6.92 Å². The molecular formula is C17H19NOS. The fourth-order valence-electron chi connectivity index (χ4n) is 2.14. The second-order valence-electron chi connectivity index (χ2n) is 4.89. The third kappa shape index (κ3) is 4.15. The van der Waals surface area contributed by atoms with Crippen molar-refractivity contribution in [2.24, 2.45) is 0 Å². The van der Waals surface area contributed by atoms with Crippen LogP contribution in [-0.2, 0) is 0 Å². The van der Waals surface area contributed by atoms with Crippen molar-refractivity contribution in [1.29, 1.82) is 0 Å². The molecule has 0 saturated heterocycles. The average molecular weight is 285 g/mol. The first-order chi connectivity index (χ1) is 9.66. The minimum absolute atomic E-state index is 0.0175. The molecule has 0 aliphatic rings. The highest BCUT2D eigenvalue weighted by Crippen LogP contribution is 2.19. The van der Waals surface area contributed by atoms with Crippen LogP contribution in [0.5, 0.6) is 0 Å². The van der Waals surface area contributed by atoms with E-state index in [4.69, 9.17) is 12.2 Å². The monoisotopic (exact) mass is 285 g/mol. The molecule has 0 fully saturated rings. The quantitative estimate of drug-likeness (QED) is 0.825. The summed E-state index contributed by atoms with van der Waals surface area (Å²) < 4.78 is 0. The Morgan fingerprint density at radius 2 is 1.60 bits per heavy atom. The van der Waals surface area contributed by atoms with Crippen molar-refractivity contribution in [1.82, 2.24) is 5.32 Å². The third-order valence-corrected chi connectivity index (χ3v) is 3.47. The summed E-state index contributed by atoms with van der Waals surface area (Å²) in [6.07, 6.45) is 0.239. The first-order valence-electron chi connectivity index (χ1n) is 6.75. The number of rotatable bonds is 5. The minimum Gasteiger partial charge on any atom is -0.393 e. The maximum absolute atomic E-state index is 9.68. The lowest BCUT2D eigenvalue weighted by Gasteiger charge is -2.22. The molecule has 3 heteroatoms. The summed E-state index contributed by atoms with van der Waals surface area (Å²) in [4.78, 5) is 0.708. The zero-order chi connectivity index (χ0) is 14.4. The Labute approximate surface area is 125 Å². The first kappa shape index (κ1) is 14.7. The highest BCUT2D eigenvalue weighted by Gasteiger charge is 2.15. The maximum atomic E-state index is 9.68. The lowest BCUT2D eigenvalue weighted by molar-refractivity contribution is 0.172. The molecular weight excluding hydrogens is 266 g/mol. The van der Waals surface area contributed by atoms with E-state index in [0.29, 0.717) is 11.4 Å². The van der Waals surface area contributed by atoms with Crippen molar-refractivity contribution < 1.29 is 5.11 Å². The number of aliphatic hydroxyl groups is 1. The van der Waals surface area contributed by atoms with Crippen LogP contribution in [0.4, 0.5) is 0 Å². The molecule has 2 N–H and O–H groups in total. The van der Waals surface area contributed by atoms with E-state index in [0.717, 1.165) is 11.1 Å². The Kier molecular flexibility index (Phi) is 5.27. The van der Waals surface area contributed by atoms with Crippen LogP contribution in [0.1, 0.15) is 30.5 Å². The SMILES string of the molecule is C[C@H](O)C[C@H](NC(=S)c1ccccc1)c1ccccc1. The van der Waals surface area contributed by atoms with Crippen LogP contribution in [0.25, 0.3) is 0 Å². The number of nitrogens with one attached hydrogen (secondary N) is 1. The molecule has 2 nitrogen and oxygen atoms in total. The van der Waals surface area contributed by atoms with Crippen LogP contribution >= 0.6 is 12.2 Å². The number of aliphatic hydroxyl groups excluding tert-OH is 1. The molecule has 0 saturated carbocycles. The number of hydrogen-bond acceptors (Lipinski definition) is 2. The van der Waals surface area contributed by atoms with Gasteiger partial charge in [-0.15, -0.1) is 0 Å². The van der Waals surface area contributed by atoms with Crippen LogP contribution in [-0.4, -0.2) is 16.2 Å². The molecule has 2 aromatic rings. The summed E-state index contributed by atoms with van der Waals surface area (Å²) in [6.45, 7) is 1.79. The fraction of sp³-hybridized carbons (Fsp3) is 0.235. The van der Waals surface area contributed by atoms with Gasteiger partial charge >= 0.3 is 0 Å². The molecule has 0 aromatic heterocycles. The topological polar surface area (TPSA) is 32.3 Å². The Hall–Kier alpha value is -1.71. The van der Waals surface area contributed by atoms with E-state index in [1.165, 1.54) is 0 Å². The Bertz CT molecular complexity index is 539. The second-order valence-corrected chi connectivity index (χ2v) is 5.30. The molecule has 0 bridgehead atoms. The third-order valence-electron chi connectivity index (χ3n) is 3.12. The van der Waals surface area contributed by atoms with E-state index in [-0.39, 0.29) is 12.1 Å². The van der Waals surface area contributed by atoms with E-state index < -0.39 is 0 Å². The Balaban J connectivity index is 2.14. The lowest BCUT2D eigenvalue weighted by Crippen LogP contribution is -2.29. The van der Waals surface area contributed by atoms with Gasteiger partial charge in [-0.05, 0) is 18.9 Å². The van der Waals surface area contributed by atoms with Gasteiger partial charge in [0, 0.05) is 5.56 Å². The van der Waals surface area contributed by atoms with Gasteiger partial charge in [0.2, 0.25) is 0 Å². The minimum atomic E-state index is -0.383. The predicted molar refractivity (Wildman–Crippen MR) is 86.8 cm³/mol. The van der Waals surface area contributed by atoms with Crippen molar-refractivity contribution in [3.63, 3.8) is 0 Å². The highest BCUT2D eigenvalue weighted by molar-refractivity contribution is 7.80. The zero-order valence-corrected chi connectivity index (χ0v) is 12.3. The summed E-state index contributed by atoms with van der Waals surface area (Å²) in [6, 6.07) is 20.0. The molecule has 0 heterocycles. The van der Waals surface area contributed by atoms with Gasteiger partial charge in [0.15, 0.2) is 0 Å². The van der Waals surface area contributed by atoms with Crippen LogP contribution in [0.3, 0.4) is 0 Å². The summed E-state index contributed by atoms with van der Waals surface area (Å²) >= 11 is 5.46. The summed E-state index contributed by atoms with van der Waals surface area (Å²) in [5, 5.41) is 13.0. The van der Waals surface area contributed by atoms with Crippen molar-refractivity contribution >= 4 is 17.2 Å². The van der Waals surface area contributed by atoms with Gasteiger partial charge in [-0.25, -0.2) is 0 Å². The van der Waals surface area contributed by atoms with E-state index in [2.05, 4.69) is 5.32 Å². The lowest BCUT2D eigenvalue weighted by atomic mass is 10.0. The van der Waals surface area contributed by atoms with E-state index in [9.17, 15) is 5.11 Å². The number of thiocarbonyl (C=S) groups is 1. The smallest absolute Gasteiger partial charge is 0.107 e. The Morgan fingerprint density at radius 3 is 2.15 bits per heavy atom. The van der Waals surface area contributed by atoms with Crippen LogP contribution in [0.15, 0.2) is 60.7 Å². The van der Waals surface area contributed by atoms with Crippen molar-refractivity contribution in [3.05, 3.63) is 71.8 Å². The molecule has 0 unspecified atom stereocenters. The predicted octanol–water partition coefficient (Wildman–Crippen LogP) is 3.46. The van der Waals surface area contributed by atoms with Crippen LogP contribution in [0, 0.1) is 0 Å². The van der Waals surface area contributed by atoms with Gasteiger partial charge in [-0.2, -0.15) is 0 Å². The van der Waals surface area contributed by atoms with Gasteiger partial charge in [0.25, 0.3) is 0 Å². The maximum Gasteiger partial charge on any atom is 0.107 e.